The van der Waals surface area contributed by atoms with Gasteiger partial charge < -0.3 is 15.6 Å². The fourth-order valence-electron chi connectivity index (χ4n) is 4.09. The summed E-state index contributed by atoms with van der Waals surface area (Å²) in [5, 5.41) is 6.99. The van der Waals surface area contributed by atoms with E-state index in [2.05, 4.69) is 22.5 Å². The number of H-pyrrole nitrogens is 1. The van der Waals surface area contributed by atoms with Crippen LogP contribution in [0.2, 0.25) is 0 Å². The Morgan fingerprint density at radius 3 is 2.53 bits per heavy atom. The van der Waals surface area contributed by atoms with Crippen molar-refractivity contribution in [3.05, 3.63) is 77.6 Å². The van der Waals surface area contributed by atoms with Gasteiger partial charge in [0.25, 0.3) is 11.8 Å². The Balaban J connectivity index is 1.63. The molecule has 1 fully saturated rings. The molecule has 1 aromatic heterocycles. The third kappa shape index (κ3) is 4.46. The number of para-hydroxylation sites is 1. The maximum Gasteiger partial charge on any atom is 0.268 e. The van der Waals surface area contributed by atoms with E-state index in [0.29, 0.717) is 11.5 Å². The van der Waals surface area contributed by atoms with Crippen LogP contribution in [0.4, 0.5) is 0 Å². The van der Waals surface area contributed by atoms with Gasteiger partial charge in [-0.1, -0.05) is 56.2 Å². The first-order valence-electron chi connectivity index (χ1n) is 10.6. The van der Waals surface area contributed by atoms with Gasteiger partial charge in [0.15, 0.2) is 0 Å². The van der Waals surface area contributed by atoms with Gasteiger partial charge in [-0.05, 0) is 43.0 Å². The van der Waals surface area contributed by atoms with Crippen molar-refractivity contribution in [2.24, 2.45) is 5.92 Å². The fraction of sp³-hybridized carbons (Fsp3) is 0.280. The molecule has 2 aromatic carbocycles. The summed E-state index contributed by atoms with van der Waals surface area (Å²) in [7, 11) is 0. The zero-order valence-electron chi connectivity index (χ0n) is 17.2. The van der Waals surface area contributed by atoms with Crippen LogP contribution in [0.15, 0.2) is 66.5 Å². The molecule has 0 unspecified atom stereocenters. The van der Waals surface area contributed by atoms with E-state index in [4.69, 9.17) is 0 Å². The van der Waals surface area contributed by atoms with Gasteiger partial charge in [0.1, 0.15) is 5.70 Å². The van der Waals surface area contributed by atoms with Crippen LogP contribution < -0.4 is 10.6 Å². The minimum absolute atomic E-state index is 0.131. The molecule has 0 saturated heterocycles. The topological polar surface area (TPSA) is 74.0 Å². The predicted molar refractivity (Wildman–Crippen MR) is 120 cm³/mol. The SMILES string of the molecule is C[C@@H]1CCCC[C@@H]1NC(=O)/C(=C\c1c[nH]c2ccccc12)NC(=O)c1ccccc1. The van der Waals surface area contributed by atoms with Crippen molar-refractivity contribution in [3.8, 4) is 0 Å². The number of carbonyl (C=O) groups excluding carboxylic acids is 2. The van der Waals surface area contributed by atoms with Crippen molar-refractivity contribution in [2.75, 3.05) is 0 Å². The van der Waals surface area contributed by atoms with E-state index in [1.54, 1.807) is 18.2 Å². The average Bonchev–Trinajstić information content (AvgIpc) is 3.18. The summed E-state index contributed by atoms with van der Waals surface area (Å²) in [5.74, 6) is -0.112. The Bertz CT molecular complexity index is 1070. The highest BCUT2D eigenvalue weighted by atomic mass is 16.2. The molecule has 3 aromatic rings. The van der Waals surface area contributed by atoms with Gasteiger partial charge in [0.05, 0.1) is 0 Å². The average molecular weight is 402 g/mol. The second-order valence-electron chi connectivity index (χ2n) is 8.01. The van der Waals surface area contributed by atoms with Crippen molar-refractivity contribution in [1.29, 1.82) is 0 Å². The summed E-state index contributed by atoms with van der Waals surface area (Å²) < 4.78 is 0. The minimum Gasteiger partial charge on any atom is -0.361 e. The Morgan fingerprint density at radius 2 is 1.73 bits per heavy atom. The standard InChI is InChI=1S/C25H27N3O2/c1-17-9-5-7-13-21(17)27-25(30)23(28-24(29)18-10-3-2-4-11-18)15-19-16-26-22-14-8-6-12-20(19)22/h2-4,6,8,10-12,14-17,21,26H,5,7,9,13H2,1H3,(H,27,30)(H,28,29)/b23-15+/t17-,21+/m1/s1. The van der Waals surface area contributed by atoms with Gasteiger partial charge in [0.2, 0.25) is 0 Å². The normalized spacial score (nSPS) is 19.4. The van der Waals surface area contributed by atoms with Gasteiger partial charge >= 0.3 is 0 Å². The van der Waals surface area contributed by atoms with E-state index in [0.717, 1.165) is 35.7 Å². The quantitative estimate of drug-likeness (QED) is 0.545. The number of amides is 2. The van der Waals surface area contributed by atoms with Crippen LogP contribution in [0, 0.1) is 5.92 Å². The van der Waals surface area contributed by atoms with E-state index in [-0.39, 0.29) is 23.6 Å². The lowest BCUT2D eigenvalue weighted by molar-refractivity contribution is -0.119. The summed E-state index contributed by atoms with van der Waals surface area (Å²) in [6.07, 6.45) is 8.02. The molecule has 4 rings (SSSR count). The number of hydrogen-bond acceptors (Lipinski definition) is 2. The zero-order chi connectivity index (χ0) is 20.9. The molecule has 0 spiro atoms. The highest BCUT2D eigenvalue weighted by Gasteiger charge is 2.25. The lowest BCUT2D eigenvalue weighted by Gasteiger charge is -2.29. The van der Waals surface area contributed by atoms with Crippen molar-refractivity contribution in [2.45, 2.75) is 38.6 Å². The number of rotatable bonds is 5. The molecule has 1 aliphatic carbocycles. The maximum absolute atomic E-state index is 13.2. The number of nitrogens with one attached hydrogen (secondary N) is 3. The van der Waals surface area contributed by atoms with Crippen LogP contribution >= 0.6 is 0 Å². The second-order valence-corrected chi connectivity index (χ2v) is 8.01. The number of aromatic nitrogens is 1. The Morgan fingerprint density at radius 1 is 1.00 bits per heavy atom. The van der Waals surface area contributed by atoms with Gasteiger partial charge in [-0.25, -0.2) is 0 Å². The Kier molecular flexibility index (Phi) is 5.98. The molecule has 1 aliphatic rings. The van der Waals surface area contributed by atoms with E-state index >= 15 is 0 Å². The van der Waals surface area contributed by atoms with Gasteiger partial charge in [-0.3, -0.25) is 9.59 Å². The summed E-state index contributed by atoms with van der Waals surface area (Å²) >= 11 is 0. The van der Waals surface area contributed by atoms with Gasteiger partial charge in [0, 0.05) is 34.3 Å². The zero-order valence-corrected chi connectivity index (χ0v) is 17.2. The van der Waals surface area contributed by atoms with Crippen LogP contribution in [0.5, 0.6) is 0 Å². The first-order valence-corrected chi connectivity index (χ1v) is 10.6. The molecule has 154 valence electrons. The monoisotopic (exact) mass is 401 g/mol. The Labute approximate surface area is 176 Å². The molecule has 3 N–H and O–H groups in total. The molecule has 0 radical (unpaired) electrons. The van der Waals surface area contributed by atoms with Crippen molar-refractivity contribution in [1.82, 2.24) is 15.6 Å². The van der Waals surface area contributed by atoms with Crippen molar-refractivity contribution < 1.29 is 9.59 Å². The second kappa shape index (κ2) is 8.99. The molecule has 2 atom stereocenters. The number of hydrogen-bond donors (Lipinski definition) is 3. The molecule has 2 amide bonds. The molecule has 0 bridgehead atoms. The number of benzene rings is 2. The van der Waals surface area contributed by atoms with Crippen LogP contribution in [-0.4, -0.2) is 22.8 Å². The van der Waals surface area contributed by atoms with Gasteiger partial charge in [-0.2, -0.15) is 0 Å². The first kappa shape index (κ1) is 20.0. The summed E-state index contributed by atoms with van der Waals surface area (Å²) in [6.45, 7) is 2.18. The molecule has 0 aliphatic heterocycles. The van der Waals surface area contributed by atoms with Crippen molar-refractivity contribution >= 4 is 28.8 Å². The van der Waals surface area contributed by atoms with Gasteiger partial charge in [-0.15, -0.1) is 0 Å². The van der Waals surface area contributed by atoms with Crippen LogP contribution in [-0.2, 0) is 4.79 Å². The van der Waals surface area contributed by atoms with Crippen LogP contribution in [0.25, 0.3) is 17.0 Å². The third-order valence-corrected chi connectivity index (χ3v) is 5.88. The molecule has 1 heterocycles. The lowest BCUT2D eigenvalue weighted by Crippen LogP contribution is -2.44. The van der Waals surface area contributed by atoms with Crippen LogP contribution in [0.3, 0.4) is 0 Å². The molecule has 30 heavy (non-hydrogen) atoms. The Hall–Kier alpha value is -3.34. The molecule has 5 heteroatoms. The summed E-state index contributed by atoms with van der Waals surface area (Å²) in [6, 6.07) is 17.0. The number of fused-ring (bicyclic) bond motifs is 1. The van der Waals surface area contributed by atoms with E-state index in [9.17, 15) is 9.59 Å². The summed E-state index contributed by atoms with van der Waals surface area (Å²) in [4.78, 5) is 29.2. The largest absolute Gasteiger partial charge is 0.361 e. The van der Waals surface area contributed by atoms with E-state index in [1.165, 1.54) is 6.42 Å². The molecule has 1 saturated carbocycles. The maximum atomic E-state index is 13.2. The van der Waals surface area contributed by atoms with Crippen molar-refractivity contribution in [3.63, 3.8) is 0 Å². The van der Waals surface area contributed by atoms with E-state index in [1.807, 2.05) is 48.7 Å². The molecular formula is C25H27N3O2. The van der Waals surface area contributed by atoms with E-state index < -0.39 is 0 Å². The number of carbonyl (C=O) groups is 2. The van der Waals surface area contributed by atoms with Crippen LogP contribution in [0.1, 0.15) is 48.5 Å². The third-order valence-electron chi connectivity index (χ3n) is 5.88. The minimum atomic E-state index is -0.298. The highest BCUT2D eigenvalue weighted by molar-refractivity contribution is 6.06. The molecule has 5 nitrogen and oxygen atoms in total. The lowest BCUT2D eigenvalue weighted by atomic mass is 9.86. The predicted octanol–water partition coefficient (Wildman–Crippen LogP) is 4.63. The smallest absolute Gasteiger partial charge is 0.268 e. The fourth-order valence-corrected chi connectivity index (χ4v) is 4.09. The summed E-state index contributed by atoms with van der Waals surface area (Å²) in [5.41, 5.74) is 2.62. The number of aromatic amines is 1. The first-order chi connectivity index (χ1) is 14.6. The highest BCUT2D eigenvalue weighted by Crippen LogP contribution is 2.24. The molecular weight excluding hydrogens is 374 g/mol.